The molecule has 3 heteroatoms. The number of nitrogens with zero attached hydrogens (tertiary/aromatic N) is 1. The maximum Gasteiger partial charge on any atom is 0.180 e. The molecule has 0 saturated heterocycles. The van der Waals surface area contributed by atoms with Crippen LogP contribution in [0.2, 0.25) is 0 Å². The van der Waals surface area contributed by atoms with Gasteiger partial charge in [0.05, 0.1) is 0 Å². The molecule has 0 aliphatic rings. The van der Waals surface area contributed by atoms with Crippen LogP contribution in [0.4, 0.5) is 0 Å². The van der Waals surface area contributed by atoms with Crippen LogP contribution in [0.3, 0.4) is 0 Å². The number of carbonyl (C=O) groups is 1. The summed E-state index contributed by atoms with van der Waals surface area (Å²) in [7, 11) is 0. The summed E-state index contributed by atoms with van der Waals surface area (Å²) in [6.07, 6.45) is 2.53. The summed E-state index contributed by atoms with van der Waals surface area (Å²) in [5.74, 6) is 0.979. The minimum Gasteiger partial charge on any atom is -0.476 e. The number of Topliss-reactive ketones (excluding diaryl/α,β-unsaturated/α-hetero) is 1. The summed E-state index contributed by atoms with van der Waals surface area (Å²) < 4.78 is 5.55. The number of hydrogen-bond donors (Lipinski definition) is 0. The predicted molar refractivity (Wildman–Crippen MR) is 63.3 cm³/mol. The molecule has 0 aromatic heterocycles. The standard InChI is InChI=1S/C12H23NO2/c1-10(14)8-6-7-9-13-11(2)15-12(3,4)5/h6-9H2,1-5H3. The number of aliphatic imine (C=N–C) groups is 1. The molecule has 0 heterocycles. The lowest BCUT2D eigenvalue weighted by Crippen LogP contribution is -2.22. The van der Waals surface area contributed by atoms with Crippen molar-refractivity contribution in [3.63, 3.8) is 0 Å². The minimum atomic E-state index is -0.174. The lowest BCUT2D eigenvalue weighted by atomic mass is 10.2. The van der Waals surface area contributed by atoms with Crippen LogP contribution in [-0.4, -0.2) is 23.8 Å². The average Bonchev–Trinajstić information content (AvgIpc) is 1.99. The van der Waals surface area contributed by atoms with E-state index < -0.39 is 0 Å². The third kappa shape index (κ3) is 11.1. The van der Waals surface area contributed by atoms with Gasteiger partial charge in [-0.25, -0.2) is 0 Å². The highest BCUT2D eigenvalue weighted by Gasteiger charge is 2.11. The molecule has 15 heavy (non-hydrogen) atoms. The molecule has 0 N–H and O–H groups in total. The topological polar surface area (TPSA) is 38.7 Å². The Morgan fingerprint density at radius 2 is 1.80 bits per heavy atom. The van der Waals surface area contributed by atoms with Gasteiger partial charge in [-0.2, -0.15) is 0 Å². The molecule has 0 saturated carbocycles. The van der Waals surface area contributed by atoms with Crippen LogP contribution in [0.5, 0.6) is 0 Å². The summed E-state index contributed by atoms with van der Waals surface area (Å²) in [4.78, 5) is 15.0. The van der Waals surface area contributed by atoms with E-state index in [2.05, 4.69) is 4.99 Å². The van der Waals surface area contributed by atoms with Crippen molar-refractivity contribution in [3.8, 4) is 0 Å². The summed E-state index contributed by atoms with van der Waals surface area (Å²) in [5.41, 5.74) is -0.174. The van der Waals surface area contributed by atoms with Gasteiger partial charge in [0.25, 0.3) is 0 Å². The van der Waals surface area contributed by atoms with Crippen LogP contribution in [0.15, 0.2) is 4.99 Å². The first-order chi connectivity index (χ1) is 6.81. The van der Waals surface area contributed by atoms with Gasteiger partial charge in [-0.05, 0) is 40.5 Å². The van der Waals surface area contributed by atoms with Gasteiger partial charge in [-0.1, -0.05) is 0 Å². The fraction of sp³-hybridized carbons (Fsp3) is 0.833. The van der Waals surface area contributed by atoms with Crippen molar-refractivity contribution in [2.24, 2.45) is 4.99 Å². The Balaban J connectivity index is 3.63. The molecule has 0 fully saturated rings. The highest BCUT2D eigenvalue weighted by Crippen LogP contribution is 2.07. The van der Waals surface area contributed by atoms with Crippen molar-refractivity contribution in [3.05, 3.63) is 0 Å². The molecular weight excluding hydrogens is 190 g/mol. The van der Waals surface area contributed by atoms with Crippen LogP contribution in [-0.2, 0) is 9.53 Å². The van der Waals surface area contributed by atoms with Crippen LogP contribution in [0, 0.1) is 0 Å². The van der Waals surface area contributed by atoms with Crippen LogP contribution >= 0.6 is 0 Å². The van der Waals surface area contributed by atoms with E-state index in [1.807, 2.05) is 27.7 Å². The molecule has 0 aromatic rings. The number of ether oxygens (including phenoxy) is 1. The molecule has 0 aromatic carbocycles. The van der Waals surface area contributed by atoms with Gasteiger partial charge in [-0.3, -0.25) is 4.99 Å². The average molecular weight is 213 g/mol. The minimum absolute atomic E-state index is 0.174. The van der Waals surface area contributed by atoms with E-state index in [9.17, 15) is 4.79 Å². The fourth-order valence-electron chi connectivity index (χ4n) is 1.20. The summed E-state index contributed by atoms with van der Waals surface area (Å²) in [6, 6.07) is 0. The predicted octanol–water partition coefficient (Wildman–Crippen LogP) is 2.98. The van der Waals surface area contributed by atoms with E-state index in [1.54, 1.807) is 6.92 Å². The first kappa shape index (κ1) is 14.1. The molecule has 0 unspecified atom stereocenters. The van der Waals surface area contributed by atoms with Gasteiger partial charge in [0.1, 0.15) is 11.4 Å². The van der Waals surface area contributed by atoms with E-state index >= 15 is 0 Å². The van der Waals surface area contributed by atoms with Gasteiger partial charge >= 0.3 is 0 Å². The Morgan fingerprint density at radius 3 is 2.27 bits per heavy atom. The Kier molecular flexibility index (Phi) is 6.21. The molecule has 0 aliphatic carbocycles. The first-order valence-corrected chi connectivity index (χ1v) is 5.51. The number of unbranched alkanes of at least 4 members (excludes halogenated alkanes) is 1. The molecule has 0 spiro atoms. The first-order valence-electron chi connectivity index (χ1n) is 5.51. The summed E-state index contributed by atoms with van der Waals surface area (Å²) >= 11 is 0. The van der Waals surface area contributed by atoms with Gasteiger partial charge in [-0.15, -0.1) is 0 Å². The van der Waals surface area contributed by atoms with Crippen molar-refractivity contribution >= 4 is 11.7 Å². The highest BCUT2D eigenvalue weighted by atomic mass is 16.5. The quantitative estimate of drug-likeness (QED) is 0.400. The molecule has 0 atom stereocenters. The monoisotopic (exact) mass is 213 g/mol. The summed E-state index contributed by atoms with van der Waals surface area (Å²) in [5, 5.41) is 0. The molecule has 0 rings (SSSR count). The normalized spacial score (nSPS) is 12.7. The van der Waals surface area contributed by atoms with E-state index in [1.165, 1.54) is 0 Å². The largest absolute Gasteiger partial charge is 0.476 e. The number of rotatable bonds is 5. The maximum absolute atomic E-state index is 10.7. The Hall–Kier alpha value is -0.860. The van der Waals surface area contributed by atoms with Gasteiger partial charge in [0.15, 0.2) is 5.90 Å². The zero-order valence-electron chi connectivity index (χ0n) is 10.6. The zero-order chi connectivity index (χ0) is 11.9. The Morgan fingerprint density at radius 1 is 1.20 bits per heavy atom. The molecule has 88 valence electrons. The maximum atomic E-state index is 10.7. The van der Waals surface area contributed by atoms with E-state index in [4.69, 9.17) is 4.74 Å². The third-order valence-electron chi connectivity index (χ3n) is 1.73. The van der Waals surface area contributed by atoms with Crippen LogP contribution < -0.4 is 0 Å². The lowest BCUT2D eigenvalue weighted by Gasteiger charge is -2.20. The second-order valence-electron chi connectivity index (χ2n) is 4.77. The molecular formula is C12H23NO2. The number of ketones is 1. The zero-order valence-corrected chi connectivity index (χ0v) is 10.6. The third-order valence-corrected chi connectivity index (χ3v) is 1.73. The molecule has 0 bridgehead atoms. The highest BCUT2D eigenvalue weighted by molar-refractivity contribution is 5.75. The van der Waals surface area contributed by atoms with E-state index in [-0.39, 0.29) is 11.4 Å². The van der Waals surface area contributed by atoms with Crippen molar-refractivity contribution in [2.75, 3.05) is 6.54 Å². The fourth-order valence-corrected chi connectivity index (χ4v) is 1.20. The van der Waals surface area contributed by atoms with Crippen molar-refractivity contribution < 1.29 is 9.53 Å². The van der Waals surface area contributed by atoms with E-state index in [0.29, 0.717) is 6.42 Å². The molecule has 0 amide bonds. The van der Waals surface area contributed by atoms with Crippen molar-refractivity contribution in [2.45, 2.75) is 59.5 Å². The Labute approximate surface area is 92.9 Å². The Bertz CT molecular complexity index is 226. The molecule has 0 aliphatic heterocycles. The second-order valence-corrected chi connectivity index (χ2v) is 4.77. The van der Waals surface area contributed by atoms with Crippen LogP contribution in [0.25, 0.3) is 0 Å². The van der Waals surface area contributed by atoms with Gasteiger partial charge in [0.2, 0.25) is 0 Å². The molecule has 3 nitrogen and oxygen atoms in total. The SMILES string of the molecule is CC(=O)CCCCN=C(C)OC(C)(C)C. The van der Waals surface area contributed by atoms with Crippen molar-refractivity contribution in [1.82, 2.24) is 0 Å². The lowest BCUT2D eigenvalue weighted by molar-refractivity contribution is -0.117. The van der Waals surface area contributed by atoms with Gasteiger partial charge < -0.3 is 9.53 Å². The number of hydrogen-bond acceptors (Lipinski definition) is 3. The van der Waals surface area contributed by atoms with Gasteiger partial charge in [0, 0.05) is 19.9 Å². The molecule has 0 radical (unpaired) electrons. The summed E-state index contributed by atoms with van der Waals surface area (Å²) in [6.45, 7) is 10.2. The smallest absolute Gasteiger partial charge is 0.180 e. The van der Waals surface area contributed by atoms with E-state index in [0.717, 1.165) is 25.3 Å². The van der Waals surface area contributed by atoms with Crippen molar-refractivity contribution in [1.29, 1.82) is 0 Å². The van der Waals surface area contributed by atoms with Crippen LogP contribution in [0.1, 0.15) is 53.9 Å². The second kappa shape index (κ2) is 6.59. The number of carbonyl (C=O) groups excluding carboxylic acids is 1.